The van der Waals surface area contributed by atoms with Gasteiger partial charge < -0.3 is 15.0 Å². The maximum absolute atomic E-state index is 12.7. The van der Waals surface area contributed by atoms with Gasteiger partial charge in [0, 0.05) is 20.2 Å². The smallest absolute Gasteiger partial charge is 0.231 e. The SMILES string of the molecule is COCC1(C(=O)N2CCS(=O)(=O)CC2)CCNCC1. The molecular weight excluding hydrogens is 268 g/mol. The molecule has 110 valence electrons. The fraction of sp³-hybridized carbons (Fsp3) is 0.917. The number of sulfone groups is 1. The van der Waals surface area contributed by atoms with E-state index >= 15 is 0 Å². The van der Waals surface area contributed by atoms with Gasteiger partial charge in [-0.05, 0) is 25.9 Å². The molecule has 6 nitrogen and oxygen atoms in total. The molecule has 7 heteroatoms. The third kappa shape index (κ3) is 3.27. The molecule has 2 rings (SSSR count). The molecule has 0 bridgehead atoms. The van der Waals surface area contributed by atoms with Crippen LogP contribution in [-0.2, 0) is 19.4 Å². The van der Waals surface area contributed by atoms with Crippen LogP contribution in [0.5, 0.6) is 0 Å². The zero-order valence-electron chi connectivity index (χ0n) is 11.4. The van der Waals surface area contributed by atoms with Gasteiger partial charge in [-0.25, -0.2) is 8.42 Å². The Morgan fingerprint density at radius 1 is 1.26 bits per heavy atom. The van der Waals surface area contributed by atoms with Crippen LogP contribution < -0.4 is 5.32 Å². The van der Waals surface area contributed by atoms with Crippen molar-refractivity contribution in [3.05, 3.63) is 0 Å². The van der Waals surface area contributed by atoms with Crippen LogP contribution >= 0.6 is 0 Å². The van der Waals surface area contributed by atoms with Crippen LogP contribution in [0.1, 0.15) is 12.8 Å². The summed E-state index contributed by atoms with van der Waals surface area (Å²) in [6, 6.07) is 0. The molecule has 0 saturated carbocycles. The van der Waals surface area contributed by atoms with E-state index in [9.17, 15) is 13.2 Å². The number of carbonyl (C=O) groups excluding carboxylic acids is 1. The summed E-state index contributed by atoms with van der Waals surface area (Å²) in [6.07, 6.45) is 1.51. The van der Waals surface area contributed by atoms with Gasteiger partial charge in [0.15, 0.2) is 9.84 Å². The molecule has 0 aromatic carbocycles. The molecule has 1 N–H and O–H groups in total. The molecule has 0 aliphatic carbocycles. The van der Waals surface area contributed by atoms with Gasteiger partial charge in [-0.1, -0.05) is 0 Å². The standard InChI is InChI=1S/C12H22N2O4S/c1-18-10-12(2-4-13-5-3-12)11(15)14-6-8-19(16,17)9-7-14/h13H,2-10H2,1H3. The molecule has 1 amide bonds. The van der Waals surface area contributed by atoms with Gasteiger partial charge in [0.1, 0.15) is 0 Å². The number of carbonyl (C=O) groups is 1. The summed E-state index contributed by atoms with van der Waals surface area (Å²) in [5.74, 6) is 0.228. The van der Waals surface area contributed by atoms with Crippen molar-refractivity contribution in [2.45, 2.75) is 12.8 Å². The fourth-order valence-corrected chi connectivity index (χ4v) is 4.05. The van der Waals surface area contributed by atoms with Crippen molar-refractivity contribution >= 4 is 15.7 Å². The largest absolute Gasteiger partial charge is 0.384 e. The van der Waals surface area contributed by atoms with Crippen molar-refractivity contribution in [2.75, 3.05) is 51.4 Å². The third-order valence-electron chi connectivity index (χ3n) is 4.07. The van der Waals surface area contributed by atoms with Crippen LogP contribution in [-0.4, -0.2) is 70.6 Å². The van der Waals surface area contributed by atoms with E-state index in [4.69, 9.17) is 4.74 Å². The first-order valence-electron chi connectivity index (χ1n) is 6.69. The van der Waals surface area contributed by atoms with E-state index < -0.39 is 15.3 Å². The molecule has 19 heavy (non-hydrogen) atoms. The normalized spacial score (nSPS) is 26.1. The van der Waals surface area contributed by atoms with Crippen LogP contribution in [0.2, 0.25) is 0 Å². The maximum Gasteiger partial charge on any atom is 0.231 e. The highest BCUT2D eigenvalue weighted by molar-refractivity contribution is 7.91. The van der Waals surface area contributed by atoms with E-state index in [1.807, 2.05) is 0 Å². The molecule has 0 radical (unpaired) electrons. The van der Waals surface area contributed by atoms with Crippen molar-refractivity contribution in [2.24, 2.45) is 5.41 Å². The van der Waals surface area contributed by atoms with Crippen molar-refractivity contribution in [1.29, 1.82) is 0 Å². The average molecular weight is 290 g/mol. The van der Waals surface area contributed by atoms with Gasteiger partial charge in [0.2, 0.25) is 5.91 Å². The van der Waals surface area contributed by atoms with Crippen LogP contribution in [0.3, 0.4) is 0 Å². The van der Waals surface area contributed by atoms with Crippen LogP contribution in [0, 0.1) is 5.41 Å². The summed E-state index contributed by atoms with van der Waals surface area (Å²) in [4.78, 5) is 14.4. The summed E-state index contributed by atoms with van der Waals surface area (Å²) in [5, 5.41) is 3.25. The first-order valence-corrected chi connectivity index (χ1v) is 8.51. The molecule has 0 atom stereocenters. The number of methoxy groups -OCH3 is 1. The molecule has 2 saturated heterocycles. The predicted molar refractivity (Wildman–Crippen MR) is 71.6 cm³/mol. The zero-order valence-corrected chi connectivity index (χ0v) is 12.2. The molecule has 2 fully saturated rings. The molecule has 2 aliphatic heterocycles. The van der Waals surface area contributed by atoms with Crippen LogP contribution in [0.4, 0.5) is 0 Å². The minimum absolute atomic E-state index is 0.0609. The second-order valence-corrected chi connectivity index (χ2v) is 7.71. The van der Waals surface area contributed by atoms with Crippen LogP contribution in [0.15, 0.2) is 0 Å². The average Bonchev–Trinajstić information content (AvgIpc) is 2.39. The summed E-state index contributed by atoms with van der Waals surface area (Å²) in [7, 11) is -1.34. The lowest BCUT2D eigenvalue weighted by atomic mass is 9.78. The Balaban J connectivity index is 2.07. The van der Waals surface area contributed by atoms with E-state index in [-0.39, 0.29) is 17.4 Å². The first kappa shape index (κ1) is 14.7. The Hall–Kier alpha value is -0.660. The zero-order chi connectivity index (χ0) is 13.9. The summed E-state index contributed by atoms with van der Waals surface area (Å²) < 4.78 is 28.1. The lowest BCUT2D eigenvalue weighted by Gasteiger charge is -2.40. The minimum Gasteiger partial charge on any atom is -0.384 e. The van der Waals surface area contributed by atoms with Crippen molar-refractivity contribution in [3.8, 4) is 0 Å². The van der Waals surface area contributed by atoms with Crippen molar-refractivity contribution in [3.63, 3.8) is 0 Å². The molecule has 0 aromatic rings. The highest BCUT2D eigenvalue weighted by Gasteiger charge is 2.43. The number of rotatable bonds is 3. The van der Waals surface area contributed by atoms with Gasteiger partial charge >= 0.3 is 0 Å². The summed E-state index contributed by atoms with van der Waals surface area (Å²) in [6.45, 7) is 2.67. The summed E-state index contributed by atoms with van der Waals surface area (Å²) >= 11 is 0. The highest BCUT2D eigenvalue weighted by Crippen LogP contribution is 2.32. The molecular formula is C12H22N2O4S. The van der Waals surface area contributed by atoms with Gasteiger partial charge in [-0.2, -0.15) is 0 Å². The van der Waals surface area contributed by atoms with Gasteiger partial charge in [0.25, 0.3) is 0 Å². The Labute approximate surface area is 114 Å². The molecule has 2 heterocycles. The summed E-state index contributed by atoms with van der Waals surface area (Å²) in [5.41, 5.74) is -0.471. The monoisotopic (exact) mass is 290 g/mol. The lowest BCUT2D eigenvalue weighted by Crippen LogP contribution is -2.54. The van der Waals surface area contributed by atoms with E-state index in [1.54, 1.807) is 12.0 Å². The number of nitrogens with zero attached hydrogens (tertiary/aromatic N) is 1. The Bertz CT molecular complexity index is 410. The highest BCUT2D eigenvalue weighted by atomic mass is 32.2. The van der Waals surface area contributed by atoms with Gasteiger partial charge in [0.05, 0.1) is 23.5 Å². The second kappa shape index (κ2) is 5.76. The van der Waals surface area contributed by atoms with E-state index in [1.165, 1.54) is 0 Å². The second-order valence-electron chi connectivity index (χ2n) is 5.41. The Morgan fingerprint density at radius 3 is 2.37 bits per heavy atom. The van der Waals surface area contributed by atoms with E-state index in [2.05, 4.69) is 5.32 Å². The number of amides is 1. The Kier molecular flexibility index (Phi) is 4.47. The van der Waals surface area contributed by atoms with Crippen molar-refractivity contribution in [1.82, 2.24) is 10.2 Å². The van der Waals surface area contributed by atoms with Gasteiger partial charge in [-0.15, -0.1) is 0 Å². The number of piperidine rings is 1. The fourth-order valence-electron chi connectivity index (χ4n) is 2.85. The number of hydrogen-bond donors (Lipinski definition) is 1. The quantitative estimate of drug-likeness (QED) is 0.741. The van der Waals surface area contributed by atoms with E-state index in [0.29, 0.717) is 19.7 Å². The predicted octanol–water partition coefficient (Wildman–Crippen LogP) is -0.740. The van der Waals surface area contributed by atoms with Crippen LogP contribution in [0.25, 0.3) is 0 Å². The third-order valence-corrected chi connectivity index (χ3v) is 5.68. The number of hydrogen-bond acceptors (Lipinski definition) is 5. The Morgan fingerprint density at radius 2 is 1.84 bits per heavy atom. The molecule has 0 aromatic heterocycles. The first-order chi connectivity index (χ1) is 8.99. The van der Waals surface area contributed by atoms with Crippen molar-refractivity contribution < 1.29 is 17.9 Å². The number of ether oxygens (including phenoxy) is 1. The van der Waals surface area contributed by atoms with Gasteiger partial charge in [-0.3, -0.25) is 4.79 Å². The molecule has 0 spiro atoms. The topological polar surface area (TPSA) is 75.7 Å². The number of nitrogens with one attached hydrogen (secondary N) is 1. The molecule has 2 aliphatic rings. The molecule has 0 unspecified atom stereocenters. The van der Waals surface area contributed by atoms with E-state index in [0.717, 1.165) is 25.9 Å². The maximum atomic E-state index is 12.7. The lowest BCUT2D eigenvalue weighted by molar-refractivity contribution is -0.147. The minimum atomic E-state index is -2.95.